The Hall–Kier alpha value is -3.78. The van der Waals surface area contributed by atoms with Gasteiger partial charge in [-0.15, -0.1) is 0 Å². The van der Waals surface area contributed by atoms with Crippen molar-refractivity contribution >= 4 is 17.1 Å². The van der Waals surface area contributed by atoms with Gasteiger partial charge in [-0.3, -0.25) is 0 Å². The summed E-state index contributed by atoms with van der Waals surface area (Å²) < 4.78 is 8.38. The number of amides is 1. The molecule has 2 aromatic carbocycles. The van der Waals surface area contributed by atoms with Crippen LogP contribution >= 0.6 is 0 Å². The number of allylic oxidation sites excluding steroid dienone is 2. The van der Waals surface area contributed by atoms with Gasteiger partial charge in [0, 0.05) is 31.9 Å². The van der Waals surface area contributed by atoms with Gasteiger partial charge in [-0.2, -0.15) is 0 Å². The summed E-state index contributed by atoms with van der Waals surface area (Å²) in [6, 6.07) is 16.6. The molecule has 1 amide bonds. The second-order valence-electron chi connectivity index (χ2n) is 10.0. The minimum atomic E-state index is -0.957. The first-order chi connectivity index (χ1) is 18.6. The zero-order chi connectivity index (χ0) is 26.3. The van der Waals surface area contributed by atoms with Crippen molar-refractivity contribution in [3.05, 3.63) is 83.3 Å². The zero-order valence-corrected chi connectivity index (χ0v) is 22.0. The molecule has 200 valence electrons. The maximum Gasteiger partial charge on any atom is 0.404 e. The molecule has 0 radical (unpaired) electrons. The molecule has 38 heavy (non-hydrogen) atoms. The van der Waals surface area contributed by atoms with Crippen LogP contribution in [0.25, 0.3) is 11.0 Å². The fourth-order valence-electron chi connectivity index (χ4n) is 5.47. The number of para-hydroxylation sites is 1. The van der Waals surface area contributed by atoms with E-state index in [1.807, 2.05) is 30.3 Å². The van der Waals surface area contributed by atoms with E-state index in [4.69, 9.17) is 14.8 Å². The van der Waals surface area contributed by atoms with Crippen molar-refractivity contribution in [2.75, 3.05) is 19.6 Å². The average Bonchev–Trinajstić information content (AvgIpc) is 3.25. The number of carbonyl (C=O) groups is 1. The molecule has 3 aromatic rings. The van der Waals surface area contributed by atoms with Crippen LogP contribution in [-0.2, 0) is 20.2 Å². The largest absolute Gasteiger partial charge is 0.487 e. The number of unbranched alkanes of at least 4 members (excludes halogenated alkanes) is 1. The summed E-state index contributed by atoms with van der Waals surface area (Å²) in [5.74, 6) is 1.82. The van der Waals surface area contributed by atoms with Gasteiger partial charge >= 0.3 is 6.09 Å². The lowest BCUT2D eigenvalue weighted by Gasteiger charge is -2.39. The Kier molecular flexibility index (Phi) is 8.28. The van der Waals surface area contributed by atoms with Gasteiger partial charge in [-0.05, 0) is 61.9 Å². The number of hydrogen-bond donors (Lipinski definition) is 3. The van der Waals surface area contributed by atoms with E-state index in [0.29, 0.717) is 19.2 Å². The molecule has 8 heteroatoms. The molecule has 2 aliphatic rings. The van der Waals surface area contributed by atoms with Crippen LogP contribution in [0.2, 0.25) is 0 Å². The maximum absolute atomic E-state index is 10.7. The number of ether oxygens (including phenoxy) is 1. The monoisotopic (exact) mass is 515 g/mol. The topological polar surface area (TPSA) is 91.7 Å². The Morgan fingerprint density at radius 1 is 1.13 bits per heavy atom. The van der Waals surface area contributed by atoms with Gasteiger partial charge in [0.05, 0.1) is 12.1 Å². The third kappa shape index (κ3) is 6.02. The van der Waals surface area contributed by atoms with Crippen LogP contribution in [0.15, 0.2) is 72.0 Å². The molecular formula is C30H37N5O3. The van der Waals surface area contributed by atoms with Gasteiger partial charge < -0.3 is 29.9 Å². The molecule has 8 nitrogen and oxygen atoms in total. The number of aryl methyl sites for hydroxylation is 1. The van der Waals surface area contributed by atoms with E-state index in [1.54, 1.807) is 0 Å². The molecule has 1 aliphatic carbocycles. The molecular weight excluding hydrogens is 478 g/mol. The predicted molar refractivity (Wildman–Crippen MR) is 149 cm³/mol. The summed E-state index contributed by atoms with van der Waals surface area (Å²) in [5.41, 5.74) is 5.90. The number of nitrogens with zero attached hydrogens (tertiary/aromatic N) is 3. The first-order valence-electron chi connectivity index (χ1n) is 13.6. The number of fused-ring (bicyclic) bond motifs is 1. The van der Waals surface area contributed by atoms with Crippen molar-refractivity contribution in [2.45, 2.75) is 51.3 Å². The Balaban J connectivity index is 1.29. The molecule has 0 saturated carbocycles. The van der Waals surface area contributed by atoms with Gasteiger partial charge in [0.15, 0.2) is 0 Å². The number of hydrogen-bond acceptors (Lipinski definition) is 5. The summed E-state index contributed by atoms with van der Waals surface area (Å²) >= 11 is 0. The first kappa shape index (κ1) is 25.9. The van der Waals surface area contributed by atoms with Crippen molar-refractivity contribution in [2.24, 2.45) is 7.05 Å². The second kappa shape index (κ2) is 12.2. The van der Waals surface area contributed by atoms with Crippen LogP contribution in [-0.4, -0.2) is 51.3 Å². The first-order valence-corrected chi connectivity index (χ1v) is 13.6. The fraction of sp³-hybridized carbons (Fsp3) is 0.400. The maximum atomic E-state index is 10.7. The summed E-state index contributed by atoms with van der Waals surface area (Å²) in [7, 11) is 2.09. The van der Waals surface area contributed by atoms with Crippen LogP contribution in [0.4, 0.5) is 4.79 Å². The zero-order valence-electron chi connectivity index (χ0n) is 22.0. The lowest BCUT2D eigenvalue weighted by atomic mass is 9.89. The average molecular weight is 516 g/mol. The minimum absolute atomic E-state index is 0.301. The number of aromatic nitrogens is 2. The molecule has 1 atom stereocenters. The highest BCUT2D eigenvalue weighted by molar-refractivity contribution is 5.82. The SMILES string of the molecule is Cn1c(CN2CC=CC3=C2C(NCCCCNC(=O)O)CCC3)nc2c(OCc3ccccc3)cccc21. The molecule has 0 saturated heterocycles. The third-order valence-corrected chi connectivity index (χ3v) is 7.39. The fourth-order valence-corrected chi connectivity index (χ4v) is 5.47. The van der Waals surface area contributed by atoms with Crippen LogP contribution in [0.1, 0.15) is 43.5 Å². The normalized spacial score (nSPS) is 17.1. The minimum Gasteiger partial charge on any atom is -0.487 e. The van der Waals surface area contributed by atoms with Crippen molar-refractivity contribution in [3.63, 3.8) is 0 Å². The van der Waals surface area contributed by atoms with Crippen LogP contribution in [0, 0.1) is 0 Å². The van der Waals surface area contributed by atoms with Gasteiger partial charge in [0.1, 0.15) is 23.7 Å². The lowest BCUT2D eigenvalue weighted by Crippen LogP contribution is -2.43. The molecule has 5 rings (SSSR count). The second-order valence-corrected chi connectivity index (χ2v) is 10.0. The highest BCUT2D eigenvalue weighted by atomic mass is 16.5. The molecule has 1 unspecified atom stereocenters. The Morgan fingerprint density at radius 2 is 1.97 bits per heavy atom. The Morgan fingerprint density at radius 3 is 2.82 bits per heavy atom. The molecule has 0 fully saturated rings. The van der Waals surface area contributed by atoms with E-state index >= 15 is 0 Å². The van der Waals surface area contributed by atoms with E-state index in [0.717, 1.165) is 73.5 Å². The van der Waals surface area contributed by atoms with E-state index in [2.05, 4.69) is 57.5 Å². The number of benzene rings is 2. The summed E-state index contributed by atoms with van der Waals surface area (Å²) in [6.07, 6.45) is 8.74. The van der Waals surface area contributed by atoms with Gasteiger partial charge in [0.2, 0.25) is 0 Å². The smallest absolute Gasteiger partial charge is 0.404 e. The predicted octanol–water partition coefficient (Wildman–Crippen LogP) is 4.97. The summed E-state index contributed by atoms with van der Waals surface area (Å²) in [4.78, 5) is 18.2. The van der Waals surface area contributed by atoms with Crippen LogP contribution in [0.3, 0.4) is 0 Å². The van der Waals surface area contributed by atoms with Crippen LogP contribution in [0.5, 0.6) is 5.75 Å². The highest BCUT2D eigenvalue weighted by Gasteiger charge is 2.28. The van der Waals surface area contributed by atoms with Crippen molar-refractivity contribution in [1.29, 1.82) is 0 Å². The number of imidazole rings is 1. The Labute approximate surface area is 224 Å². The Bertz CT molecular complexity index is 1310. The van der Waals surface area contributed by atoms with E-state index < -0.39 is 6.09 Å². The molecule has 3 N–H and O–H groups in total. The molecule has 0 spiro atoms. The number of nitrogens with one attached hydrogen (secondary N) is 2. The lowest BCUT2D eigenvalue weighted by molar-refractivity contribution is 0.194. The van der Waals surface area contributed by atoms with Gasteiger partial charge in [-0.25, -0.2) is 9.78 Å². The standard InChI is InChI=1S/C30H37N5O3/c1-34-25-15-8-16-26(38-21-22-10-3-2-4-11-22)28(25)33-27(34)20-35-19-9-13-23-12-7-14-24(29(23)35)31-17-5-6-18-32-30(36)37/h2-4,8-11,13,15-16,24,31-32H,5-7,12,14,17-21H2,1H3,(H,36,37). The van der Waals surface area contributed by atoms with Crippen molar-refractivity contribution in [3.8, 4) is 5.75 Å². The quantitative estimate of drug-likeness (QED) is 0.313. The van der Waals surface area contributed by atoms with E-state index in [9.17, 15) is 4.79 Å². The summed E-state index contributed by atoms with van der Waals surface area (Å²) in [6.45, 7) is 3.47. The van der Waals surface area contributed by atoms with Crippen LogP contribution < -0.4 is 15.4 Å². The van der Waals surface area contributed by atoms with Crippen molar-refractivity contribution in [1.82, 2.24) is 25.1 Å². The van der Waals surface area contributed by atoms with E-state index in [-0.39, 0.29) is 0 Å². The molecule has 0 bridgehead atoms. The van der Waals surface area contributed by atoms with Gasteiger partial charge in [0.25, 0.3) is 0 Å². The third-order valence-electron chi connectivity index (χ3n) is 7.39. The number of rotatable bonds is 11. The van der Waals surface area contributed by atoms with E-state index in [1.165, 1.54) is 17.7 Å². The molecule has 1 aliphatic heterocycles. The van der Waals surface area contributed by atoms with Crippen molar-refractivity contribution < 1.29 is 14.6 Å². The number of carboxylic acid groups (broad SMARTS) is 1. The summed E-state index contributed by atoms with van der Waals surface area (Å²) in [5, 5.41) is 14.9. The molecule has 2 heterocycles. The molecule has 1 aromatic heterocycles. The van der Waals surface area contributed by atoms with Gasteiger partial charge in [-0.1, -0.05) is 48.6 Å². The highest BCUT2D eigenvalue weighted by Crippen LogP contribution is 2.33.